The number of aliphatic hydroxyl groups is 2. The van der Waals surface area contributed by atoms with Crippen molar-refractivity contribution in [3.8, 4) is 0 Å². The van der Waals surface area contributed by atoms with Crippen LogP contribution in [-0.2, 0) is 14.3 Å². The van der Waals surface area contributed by atoms with Crippen LogP contribution in [0.3, 0.4) is 0 Å². The molecule has 0 rings (SSSR count). The molecule has 2 atom stereocenters. The van der Waals surface area contributed by atoms with E-state index in [1.807, 2.05) is 6.08 Å². The molecule has 0 heterocycles. The van der Waals surface area contributed by atoms with Crippen LogP contribution in [0.1, 0.15) is 335 Å². The van der Waals surface area contributed by atoms with Crippen molar-refractivity contribution in [1.29, 1.82) is 0 Å². The van der Waals surface area contributed by atoms with Gasteiger partial charge in [0.25, 0.3) is 0 Å². The number of carbonyl (C=O) groups is 2. The Morgan fingerprint density at radius 3 is 1.07 bits per heavy atom. The highest BCUT2D eigenvalue weighted by atomic mass is 16.5. The smallest absolute Gasteiger partial charge is 0.305 e. The molecule has 432 valence electrons. The number of carbonyl (C=O) groups excluding carboxylic acids is 2. The van der Waals surface area contributed by atoms with Crippen molar-refractivity contribution in [3.63, 3.8) is 0 Å². The molecule has 2 unspecified atom stereocenters. The molecule has 0 aromatic rings. The summed E-state index contributed by atoms with van der Waals surface area (Å²) < 4.78 is 5.47. The molecule has 0 fully saturated rings. The second kappa shape index (κ2) is 63.1. The van der Waals surface area contributed by atoms with Gasteiger partial charge < -0.3 is 20.3 Å². The molecule has 1 amide bonds. The lowest BCUT2D eigenvalue weighted by molar-refractivity contribution is -0.143. The first kappa shape index (κ1) is 71.6. The number of nitrogens with one attached hydrogen (secondary N) is 1. The number of hydrogen-bond acceptors (Lipinski definition) is 5. The van der Waals surface area contributed by atoms with E-state index in [1.54, 1.807) is 6.08 Å². The second-order valence-corrected chi connectivity index (χ2v) is 22.1. The zero-order valence-corrected chi connectivity index (χ0v) is 49.3. The highest BCUT2D eigenvalue weighted by Crippen LogP contribution is 2.17. The number of hydrogen-bond donors (Lipinski definition) is 3. The maximum absolute atomic E-state index is 12.5. The highest BCUT2D eigenvalue weighted by Gasteiger charge is 2.18. The molecule has 74 heavy (non-hydrogen) atoms. The van der Waals surface area contributed by atoms with Crippen LogP contribution < -0.4 is 5.32 Å². The van der Waals surface area contributed by atoms with Crippen LogP contribution in [0.15, 0.2) is 60.8 Å². The van der Waals surface area contributed by atoms with E-state index >= 15 is 0 Å². The largest absolute Gasteiger partial charge is 0.466 e. The Morgan fingerprint density at radius 1 is 0.378 bits per heavy atom. The van der Waals surface area contributed by atoms with Crippen molar-refractivity contribution >= 4 is 11.9 Å². The molecule has 0 spiro atoms. The van der Waals surface area contributed by atoms with E-state index in [-0.39, 0.29) is 18.5 Å². The fourth-order valence-corrected chi connectivity index (χ4v) is 9.74. The van der Waals surface area contributed by atoms with E-state index in [9.17, 15) is 19.8 Å². The monoisotopic (exact) mass is 1040 g/mol. The molecular formula is C68H125NO5. The van der Waals surface area contributed by atoms with E-state index < -0.39 is 12.1 Å². The van der Waals surface area contributed by atoms with Gasteiger partial charge in [-0.1, -0.05) is 293 Å². The summed E-state index contributed by atoms with van der Waals surface area (Å²) in [6, 6.07) is -0.638. The summed E-state index contributed by atoms with van der Waals surface area (Å²) in [5.41, 5.74) is 0. The average Bonchev–Trinajstić information content (AvgIpc) is 3.40. The van der Waals surface area contributed by atoms with E-state index in [1.165, 1.54) is 238 Å². The summed E-state index contributed by atoms with van der Waals surface area (Å²) in [7, 11) is 0. The van der Waals surface area contributed by atoms with Crippen molar-refractivity contribution in [2.24, 2.45) is 0 Å². The molecule has 6 nitrogen and oxygen atoms in total. The summed E-state index contributed by atoms with van der Waals surface area (Å²) in [5, 5.41) is 23.2. The highest BCUT2D eigenvalue weighted by molar-refractivity contribution is 5.76. The third-order valence-electron chi connectivity index (χ3n) is 14.8. The van der Waals surface area contributed by atoms with Gasteiger partial charge in [0.15, 0.2) is 0 Å². The molecule has 0 bridgehead atoms. The molecule has 0 saturated carbocycles. The van der Waals surface area contributed by atoms with E-state index in [4.69, 9.17) is 4.74 Å². The van der Waals surface area contributed by atoms with Gasteiger partial charge in [0.1, 0.15) is 0 Å². The van der Waals surface area contributed by atoms with Gasteiger partial charge in [-0.05, 0) is 89.9 Å². The number of esters is 1. The van der Waals surface area contributed by atoms with Crippen molar-refractivity contribution < 1.29 is 24.5 Å². The van der Waals surface area contributed by atoms with E-state index in [2.05, 4.69) is 67.8 Å². The zero-order chi connectivity index (χ0) is 53.6. The summed E-state index contributed by atoms with van der Waals surface area (Å²) in [6.07, 6.45) is 82.7. The van der Waals surface area contributed by atoms with Crippen LogP contribution in [0.5, 0.6) is 0 Å². The molecule has 0 aliphatic heterocycles. The molecule has 0 aliphatic carbocycles. The first-order valence-corrected chi connectivity index (χ1v) is 32.6. The fourth-order valence-electron chi connectivity index (χ4n) is 9.74. The van der Waals surface area contributed by atoms with Gasteiger partial charge in [0.2, 0.25) is 5.91 Å². The zero-order valence-electron chi connectivity index (χ0n) is 49.3. The van der Waals surface area contributed by atoms with Crippen LogP contribution in [0, 0.1) is 0 Å². The lowest BCUT2D eigenvalue weighted by atomic mass is 10.0. The Labute approximate surface area is 460 Å². The molecule has 0 aromatic heterocycles. The lowest BCUT2D eigenvalue weighted by Gasteiger charge is -2.20. The fraction of sp³-hybridized carbons (Fsp3) is 0.824. The minimum Gasteiger partial charge on any atom is -0.466 e. The Kier molecular flexibility index (Phi) is 61.0. The topological polar surface area (TPSA) is 95.9 Å². The van der Waals surface area contributed by atoms with Gasteiger partial charge in [0, 0.05) is 12.8 Å². The number of allylic oxidation sites excluding steroid dienone is 9. The predicted octanol–water partition coefficient (Wildman–Crippen LogP) is 20.7. The molecule has 0 radical (unpaired) electrons. The van der Waals surface area contributed by atoms with Gasteiger partial charge >= 0.3 is 5.97 Å². The van der Waals surface area contributed by atoms with Crippen LogP contribution in [0.4, 0.5) is 0 Å². The molecular weight excluding hydrogens is 911 g/mol. The minimum absolute atomic E-state index is 0.00851. The van der Waals surface area contributed by atoms with Crippen molar-refractivity contribution in [2.45, 2.75) is 347 Å². The summed E-state index contributed by atoms with van der Waals surface area (Å²) in [6.45, 7) is 4.86. The minimum atomic E-state index is -0.853. The van der Waals surface area contributed by atoms with Crippen LogP contribution >= 0.6 is 0 Å². The molecule has 0 aromatic carbocycles. The SMILES string of the molecule is CCCC/C=C\C/C=C\CCCCCCCC(=O)OCCCCCCCCCCC/C=C\C/C=C\CCCCCCCCCC(=O)NC(CO)C(O)/C=C/CCCCCCCCCCCCCCCCCCCC. The lowest BCUT2D eigenvalue weighted by Crippen LogP contribution is -2.45. The second-order valence-electron chi connectivity index (χ2n) is 22.1. The molecule has 6 heteroatoms. The Morgan fingerprint density at radius 2 is 0.689 bits per heavy atom. The summed E-state index contributed by atoms with van der Waals surface area (Å²) >= 11 is 0. The first-order chi connectivity index (χ1) is 36.5. The normalized spacial score (nSPS) is 13.0. The standard InChI is InChI=1S/C68H125NO5/c1-3-5-7-9-11-13-15-17-19-20-21-27-30-33-36-40-44-48-52-56-60-66(71)65(64-70)69-67(72)61-57-53-49-45-41-37-34-31-28-25-23-22-24-26-29-32-35-39-43-47-51-55-59-63-74-68(73)62-58-54-50-46-42-38-18-16-14-12-10-8-6-4-2/h10,12,16,18,22,24-25,28,56,60,65-66,70-71H,3-9,11,13-15,17,19-21,23,26-27,29-55,57-59,61-64H2,1-2H3,(H,69,72)/b12-10-,18-16-,24-22-,28-25-,60-56+. The third kappa shape index (κ3) is 58.8. The van der Waals surface area contributed by atoms with E-state index in [0.717, 1.165) is 70.6 Å². The number of unbranched alkanes of at least 4 members (excludes halogenated alkanes) is 41. The summed E-state index contributed by atoms with van der Waals surface area (Å²) in [4.78, 5) is 24.5. The van der Waals surface area contributed by atoms with E-state index in [0.29, 0.717) is 19.4 Å². The maximum Gasteiger partial charge on any atom is 0.305 e. The van der Waals surface area contributed by atoms with Crippen LogP contribution in [0.2, 0.25) is 0 Å². The van der Waals surface area contributed by atoms with Crippen molar-refractivity contribution in [2.75, 3.05) is 13.2 Å². The third-order valence-corrected chi connectivity index (χ3v) is 14.8. The number of rotatable bonds is 60. The van der Waals surface area contributed by atoms with Gasteiger partial charge in [-0.15, -0.1) is 0 Å². The Bertz CT molecular complexity index is 1290. The van der Waals surface area contributed by atoms with Crippen LogP contribution in [-0.4, -0.2) is 47.4 Å². The quantitative estimate of drug-likeness (QED) is 0.0320. The van der Waals surface area contributed by atoms with Gasteiger partial charge in [-0.25, -0.2) is 0 Å². The molecule has 0 saturated heterocycles. The van der Waals surface area contributed by atoms with Gasteiger partial charge in [-0.3, -0.25) is 9.59 Å². The number of ether oxygens (including phenoxy) is 1. The Hall–Kier alpha value is -2.44. The maximum atomic E-state index is 12.5. The summed E-state index contributed by atoms with van der Waals surface area (Å²) in [5.74, 6) is -0.0855. The number of amides is 1. The predicted molar refractivity (Wildman–Crippen MR) is 324 cm³/mol. The average molecular weight is 1040 g/mol. The first-order valence-electron chi connectivity index (χ1n) is 32.6. The van der Waals surface area contributed by atoms with Crippen LogP contribution in [0.25, 0.3) is 0 Å². The van der Waals surface area contributed by atoms with Gasteiger partial charge in [0.05, 0.1) is 25.4 Å². The Balaban J connectivity index is 3.49. The molecule has 3 N–H and O–H groups in total. The van der Waals surface area contributed by atoms with Crippen molar-refractivity contribution in [3.05, 3.63) is 60.8 Å². The number of aliphatic hydroxyl groups excluding tert-OH is 2. The molecule has 0 aliphatic rings. The van der Waals surface area contributed by atoms with Crippen molar-refractivity contribution in [1.82, 2.24) is 5.32 Å². The van der Waals surface area contributed by atoms with Gasteiger partial charge in [-0.2, -0.15) is 0 Å².